The number of nitrogens with one attached hydrogen (secondary N) is 2. The Morgan fingerprint density at radius 3 is 2.40 bits per heavy atom. The molecule has 0 radical (unpaired) electrons. The number of piperazine rings is 1. The van der Waals surface area contributed by atoms with E-state index in [0.29, 0.717) is 5.56 Å². The first-order valence-electron chi connectivity index (χ1n) is 11.5. The summed E-state index contributed by atoms with van der Waals surface area (Å²) in [5.74, 6) is -0.103. The van der Waals surface area contributed by atoms with E-state index < -0.39 is 0 Å². The zero-order valence-electron chi connectivity index (χ0n) is 20.3. The fourth-order valence-electron chi connectivity index (χ4n) is 3.71. The number of hydrogen-bond acceptors (Lipinski definition) is 8. The van der Waals surface area contributed by atoms with Gasteiger partial charge in [-0.05, 0) is 55.8 Å². The largest absolute Gasteiger partial charge is 0.373 e. The van der Waals surface area contributed by atoms with Gasteiger partial charge in [0, 0.05) is 55.0 Å². The van der Waals surface area contributed by atoms with Gasteiger partial charge in [0.1, 0.15) is 0 Å². The van der Waals surface area contributed by atoms with Crippen molar-refractivity contribution < 1.29 is 14.4 Å². The second-order valence-corrected chi connectivity index (χ2v) is 9.32. The van der Waals surface area contributed by atoms with E-state index in [0.717, 1.165) is 66.9 Å². The Morgan fingerprint density at radius 2 is 1.77 bits per heavy atom. The van der Waals surface area contributed by atoms with Gasteiger partial charge < -0.3 is 15.5 Å². The van der Waals surface area contributed by atoms with E-state index in [1.165, 1.54) is 5.56 Å². The summed E-state index contributed by atoms with van der Waals surface area (Å²) in [5.41, 5.74) is 5.79. The number of likely N-dealkylation sites (N-methyl/N-ethyl adjacent to an activating group) is 1. The fraction of sp³-hybridized carbons (Fsp3) is 0.346. The first-order valence-corrected chi connectivity index (χ1v) is 12.4. The minimum absolute atomic E-state index is 0.103. The van der Waals surface area contributed by atoms with Crippen molar-refractivity contribution in [2.75, 3.05) is 43.9 Å². The molecule has 0 saturated carbocycles. The van der Waals surface area contributed by atoms with Crippen LogP contribution in [0.3, 0.4) is 0 Å². The molecule has 0 bridgehead atoms. The van der Waals surface area contributed by atoms with Crippen LogP contribution in [0.5, 0.6) is 0 Å². The van der Waals surface area contributed by atoms with Gasteiger partial charge in [-0.25, -0.2) is 4.98 Å². The number of aromatic nitrogens is 1. The molecule has 1 aliphatic rings. The predicted molar refractivity (Wildman–Crippen MR) is 138 cm³/mol. The Kier molecular flexibility index (Phi) is 9.69. The number of anilines is 3. The van der Waals surface area contributed by atoms with Gasteiger partial charge in [-0.15, -0.1) is 11.3 Å². The molecule has 1 aromatic heterocycles. The molecule has 1 amide bonds. The second kappa shape index (κ2) is 12.9. The molecule has 2 N–H and O–H groups in total. The molecule has 184 valence electrons. The number of carbonyl (C=O) groups is 1. The van der Waals surface area contributed by atoms with E-state index in [1.54, 1.807) is 11.3 Å². The summed E-state index contributed by atoms with van der Waals surface area (Å²) < 4.78 is 0. The first-order chi connectivity index (χ1) is 16.9. The molecule has 1 saturated heterocycles. The highest BCUT2D eigenvalue weighted by atomic mass is 32.1. The van der Waals surface area contributed by atoms with Gasteiger partial charge in [-0.1, -0.05) is 25.1 Å². The van der Waals surface area contributed by atoms with Crippen LogP contribution in [0.1, 0.15) is 34.1 Å². The SMILES string of the molecule is CCc1csc(Nc2cc(NC(=O)c3ccc(CN4CCN(C)CC4)cc3)ccc2C)n1.O=C=O. The lowest BCUT2D eigenvalue weighted by atomic mass is 10.1. The van der Waals surface area contributed by atoms with E-state index in [4.69, 9.17) is 9.59 Å². The molecule has 2 heterocycles. The van der Waals surface area contributed by atoms with Gasteiger partial charge >= 0.3 is 6.15 Å². The molecular formula is C26H31N5O3S. The molecule has 35 heavy (non-hydrogen) atoms. The van der Waals surface area contributed by atoms with Gasteiger partial charge in [-0.2, -0.15) is 9.59 Å². The molecule has 3 aromatic rings. The number of rotatable bonds is 7. The molecule has 0 spiro atoms. The molecule has 4 rings (SSSR count). The molecule has 0 aliphatic carbocycles. The summed E-state index contributed by atoms with van der Waals surface area (Å²) in [6, 6.07) is 13.8. The Balaban J connectivity index is 0.00000108. The molecular weight excluding hydrogens is 462 g/mol. The highest BCUT2D eigenvalue weighted by molar-refractivity contribution is 7.13. The van der Waals surface area contributed by atoms with Gasteiger partial charge in [0.15, 0.2) is 5.13 Å². The van der Waals surface area contributed by atoms with Crippen molar-refractivity contribution in [3.63, 3.8) is 0 Å². The lowest BCUT2D eigenvalue weighted by Gasteiger charge is -2.32. The Morgan fingerprint density at radius 1 is 1.09 bits per heavy atom. The van der Waals surface area contributed by atoms with Crippen LogP contribution in [0.15, 0.2) is 47.8 Å². The average Bonchev–Trinajstić information content (AvgIpc) is 3.31. The minimum atomic E-state index is -0.103. The number of carbonyl (C=O) groups excluding carboxylic acids is 3. The standard InChI is InChI=1S/C25H31N5OS.CO2/c1-4-21-17-32-25(27-21)28-23-15-22(10-5-18(23)2)26-24(31)20-8-6-19(7-9-20)16-30-13-11-29(3)12-14-30;2-1-3/h5-10,15,17H,4,11-14,16H2,1-3H3,(H,26,31)(H,27,28);. The lowest BCUT2D eigenvalue weighted by Crippen LogP contribution is -2.43. The van der Waals surface area contributed by atoms with Gasteiger partial charge in [0.05, 0.1) is 5.69 Å². The van der Waals surface area contributed by atoms with Crippen LogP contribution in [0.25, 0.3) is 0 Å². The van der Waals surface area contributed by atoms with Crippen molar-refractivity contribution in [1.82, 2.24) is 14.8 Å². The molecule has 2 aromatic carbocycles. The smallest absolute Gasteiger partial charge is 0.331 e. The average molecular weight is 494 g/mol. The lowest BCUT2D eigenvalue weighted by molar-refractivity contribution is -0.191. The number of hydrogen-bond donors (Lipinski definition) is 2. The van der Waals surface area contributed by atoms with Crippen LogP contribution in [-0.2, 0) is 22.6 Å². The van der Waals surface area contributed by atoms with Crippen LogP contribution in [0.2, 0.25) is 0 Å². The Labute approximate surface area is 210 Å². The highest BCUT2D eigenvalue weighted by Crippen LogP contribution is 2.26. The number of benzene rings is 2. The third-order valence-corrected chi connectivity index (χ3v) is 6.68. The van der Waals surface area contributed by atoms with Crippen molar-refractivity contribution in [3.05, 3.63) is 70.2 Å². The van der Waals surface area contributed by atoms with Crippen molar-refractivity contribution in [2.45, 2.75) is 26.8 Å². The van der Waals surface area contributed by atoms with Crippen LogP contribution >= 0.6 is 11.3 Å². The molecule has 9 heteroatoms. The first kappa shape index (κ1) is 26.2. The second-order valence-electron chi connectivity index (χ2n) is 8.47. The van der Waals surface area contributed by atoms with Gasteiger partial charge in [-0.3, -0.25) is 9.69 Å². The van der Waals surface area contributed by atoms with Gasteiger partial charge in [0.2, 0.25) is 0 Å². The van der Waals surface area contributed by atoms with Crippen molar-refractivity contribution >= 4 is 39.9 Å². The number of aryl methyl sites for hydroxylation is 2. The van der Waals surface area contributed by atoms with Crippen molar-refractivity contribution in [3.8, 4) is 0 Å². The maximum Gasteiger partial charge on any atom is 0.373 e. The molecule has 0 atom stereocenters. The fourth-order valence-corrected chi connectivity index (χ4v) is 4.51. The summed E-state index contributed by atoms with van der Waals surface area (Å²) >= 11 is 1.59. The van der Waals surface area contributed by atoms with Crippen LogP contribution in [0, 0.1) is 6.92 Å². The van der Waals surface area contributed by atoms with Crippen LogP contribution < -0.4 is 10.6 Å². The van der Waals surface area contributed by atoms with E-state index in [-0.39, 0.29) is 12.1 Å². The number of nitrogens with zero attached hydrogens (tertiary/aromatic N) is 3. The molecule has 1 aliphatic heterocycles. The molecule has 1 fully saturated rings. The minimum Gasteiger partial charge on any atom is -0.331 e. The monoisotopic (exact) mass is 493 g/mol. The quantitative estimate of drug-likeness (QED) is 0.510. The zero-order valence-corrected chi connectivity index (χ0v) is 21.2. The van der Waals surface area contributed by atoms with E-state index >= 15 is 0 Å². The topological polar surface area (TPSA) is 94.6 Å². The summed E-state index contributed by atoms with van der Waals surface area (Å²) in [5, 5.41) is 9.33. The third-order valence-electron chi connectivity index (χ3n) is 5.87. The summed E-state index contributed by atoms with van der Waals surface area (Å²) in [7, 11) is 2.17. The highest BCUT2D eigenvalue weighted by Gasteiger charge is 2.14. The van der Waals surface area contributed by atoms with E-state index in [9.17, 15) is 4.79 Å². The maximum atomic E-state index is 12.8. The van der Waals surface area contributed by atoms with Crippen molar-refractivity contribution in [2.24, 2.45) is 0 Å². The van der Waals surface area contributed by atoms with Crippen molar-refractivity contribution in [1.29, 1.82) is 0 Å². The zero-order chi connectivity index (χ0) is 25.2. The number of thiazole rings is 1. The van der Waals surface area contributed by atoms with E-state index in [2.05, 4.69) is 56.9 Å². The summed E-state index contributed by atoms with van der Waals surface area (Å²) in [4.78, 5) is 38.4. The van der Waals surface area contributed by atoms with Crippen LogP contribution in [0.4, 0.5) is 16.5 Å². The summed E-state index contributed by atoms with van der Waals surface area (Å²) in [6.07, 6.45) is 1.17. The molecule has 0 unspecified atom stereocenters. The maximum absolute atomic E-state index is 12.8. The Bertz CT molecular complexity index is 1150. The number of amides is 1. The van der Waals surface area contributed by atoms with E-state index in [1.807, 2.05) is 37.3 Å². The third kappa shape index (κ3) is 7.83. The Hall–Kier alpha value is -3.36. The summed E-state index contributed by atoms with van der Waals surface area (Å²) in [6.45, 7) is 9.46. The predicted octanol–water partition coefficient (Wildman–Crippen LogP) is 4.17. The van der Waals surface area contributed by atoms with Crippen LogP contribution in [-0.4, -0.2) is 60.1 Å². The molecule has 8 nitrogen and oxygen atoms in total. The van der Waals surface area contributed by atoms with Gasteiger partial charge in [0.25, 0.3) is 5.91 Å². The normalized spacial score (nSPS) is 13.9.